The van der Waals surface area contributed by atoms with E-state index in [0.717, 1.165) is 5.56 Å². The Hall–Kier alpha value is -3.39. The fraction of sp³-hybridized carbons (Fsp3) is 0.105. The van der Waals surface area contributed by atoms with Crippen LogP contribution in [0, 0.1) is 0 Å². The summed E-state index contributed by atoms with van der Waals surface area (Å²) >= 11 is 1.38. The molecule has 3 aromatic heterocycles. The van der Waals surface area contributed by atoms with Crippen molar-refractivity contribution < 1.29 is 14.3 Å². The number of thiophene rings is 1. The molecule has 0 unspecified atom stereocenters. The number of benzene rings is 1. The summed E-state index contributed by atoms with van der Waals surface area (Å²) in [7, 11) is 0. The molecule has 0 bridgehead atoms. The first-order chi connectivity index (χ1) is 13.3. The van der Waals surface area contributed by atoms with Gasteiger partial charge in [0.1, 0.15) is 28.1 Å². The Morgan fingerprint density at radius 1 is 1.26 bits per heavy atom. The van der Waals surface area contributed by atoms with E-state index in [4.69, 9.17) is 9.15 Å². The molecule has 27 heavy (non-hydrogen) atoms. The number of hydrazone groups is 1. The normalized spacial score (nSPS) is 11.3. The van der Waals surface area contributed by atoms with Gasteiger partial charge in [-0.15, -0.1) is 11.3 Å². The van der Waals surface area contributed by atoms with Crippen LogP contribution in [-0.4, -0.2) is 27.9 Å². The Morgan fingerprint density at radius 3 is 2.96 bits per heavy atom. The quantitative estimate of drug-likeness (QED) is 0.378. The van der Waals surface area contributed by atoms with Crippen LogP contribution in [0.3, 0.4) is 0 Å². The molecule has 7 nitrogen and oxygen atoms in total. The molecule has 0 aliphatic carbocycles. The topological polar surface area (TPSA) is 92.8 Å². The molecule has 0 atom stereocenters. The van der Waals surface area contributed by atoms with Gasteiger partial charge in [0, 0.05) is 5.56 Å². The lowest BCUT2D eigenvalue weighted by atomic mass is 10.1. The zero-order chi connectivity index (χ0) is 18.6. The molecule has 0 saturated heterocycles. The van der Waals surface area contributed by atoms with E-state index in [1.165, 1.54) is 17.7 Å². The highest BCUT2D eigenvalue weighted by molar-refractivity contribution is 7.23. The number of ether oxygens (including phenoxy) is 1. The summed E-state index contributed by atoms with van der Waals surface area (Å²) in [5.41, 5.74) is 4.16. The number of hydrogen-bond acceptors (Lipinski definition) is 8. The molecule has 0 aliphatic heterocycles. The molecule has 3 heterocycles. The van der Waals surface area contributed by atoms with E-state index in [1.807, 2.05) is 31.2 Å². The fourth-order valence-electron chi connectivity index (χ4n) is 2.62. The van der Waals surface area contributed by atoms with Crippen LogP contribution in [0.5, 0.6) is 11.5 Å². The number of para-hydroxylation sites is 1. The molecule has 1 aromatic carbocycles. The Bertz CT molecular complexity index is 1090. The third-order valence-corrected chi connectivity index (χ3v) is 4.99. The second kappa shape index (κ2) is 7.46. The molecule has 136 valence electrons. The third-order valence-electron chi connectivity index (χ3n) is 3.78. The zero-order valence-corrected chi connectivity index (χ0v) is 15.2. The summed E-state index contributed by atoms with van der Waals surface area (Å²) in [5, 5.41) is 14.9. The van der Waals surface area contributed by atoms with E-state index in [1.54, 1.807) is 24.6 Å². The summed E-state index contributed by atoms with van der Waals surface area (Å²) in [6.07, 6.45) is 4.51. The van der Waals surface area contributed by atoms with E-state index >= 15 is 0 Å². The minimum absolute atomic E-state index is 0.0996. The van der Waals surface area contributed by atoms with Crippen molar-refractivity contribution in [1.82, 2.24) is 9.97 Å². The number of hydrogen-bond donors (Lipinski definition) is 2. The van der Waals surface area contributed by atoms with Gasteiger partial charge in [0.15, 0.2) is 11.6 Å². The smallest absolute Gasteiger partial charge is 0.167 e. The fourth-order valence-corrected chi connectivity index (χ4v) is 3.73. The molecule has 0 fully saturated rings. The molecular formula is C19H16N4O3S. The number of aromatic hydroxyl groups is 1. The predicted octanol–water partition coefficient (Wildman–Crippen LogP) is 4.50. The highest BCUT2D eigenvalue weighted by atomic mass is 32.1. The van der Waals surface area contributed by atoms with Crippen LogP contribution in [0.15, 0.2) is 58.5 Å². The first-order valence-corrected chi connectivity index (χ1v) is 9.10. The molecule has 4 rings (SSSR count). The van der Waals surface area contributed by atoms with Crippen molar-refractivity contribution in [2.75, 3.05) is 12.0 Å². The lowest BCUT2D eigenvalue weighted by molar-refractivity contribution is 0.341. The minimum Gasteiger partial charge on any atom is -0.504 e. The van der Waals surface area contributed by atoms with Crippen molar-refractivity contribution in [1.29, 1.82) is 0 Å². The van der Waals surface area contributed by atoms with Gasteiger partial charge in [0.05, 0.1) is 24.0 Å². The van der Waals surface area contributed by atoms with Crippen molar-refractivity contribution in [2.45, 2.75) is 6.92 Å². The molecular weight excluding hydrogens is 364 g/mol. The lowest BCUT2D eigenvalue weighted by Gasteiger charge is -2.08. The summed E-state index contributed by atoms with van der Waals surface area (Å²) in [6, 6.07) is 11.2. The summed E-state index contributed by atoms with van der Waals surface area (Å²) in [5.74, 6) is 1.93. The Kier molecular flexibility index (Phi) is 4.71. The minimum atomic E-state index is 0.0996. The molecule has 0 radical (unpaired) electrons. The van der Waals surface area contributed by atoms with Gasteiger partial charge in [0.2, 0.25) is 0 Å². The highest BCUT2D eigenvalue weighted by Crippen LogP contribution is 2.47. The maximum atomic E-state index is 10.7. The number of rotatable bonds is 6. The number of nitrogens with zero attached hydrogens (tertiary/aromatic N) is 3. The van der Waals surface area contributed by atoms with Crippen LogP contribution in [0.2, 0.25) is 0 Å². The lowest BCUT2D eigenvalue weighted by Crippen LogP contribution is -1.93. The van der Waals surface area contributed by atoms with Gasteiger partial charge in [-0.25, -0.2) is 9.97 Å². The molecule has 4 aromatic rings. The van der Waals surface area contributed by atoms with Crippen molar-refractivity contribution in [3.8, 4) is 21.9 Å². The second-order valence-electron chi connectivity index (χ2n) is 5.49. The molecule has 0 amide bonds. The van der Waals surface area contributed by atoms with Crippen molar-refractivity contribution in [3.05, 3.63) is 54.7 Å². The number of nitrogens with one attached hydrogen (secondary N) is 1. The van der Waals surface area contributed by atoms with Crippen LogP contribution in [0.1, 0.15) is 12.7 Å². The van der Waals surface area contributed by atoms with E-state index < -0.39 is 0 Å². The number of anilines is 1. The maximum absolute atomic E-state index is 10.7. The molecule has 0 saturated carbocycles. The zero-order valence-electron chi connectivity index (χ0n) is 14.4. The summed E-state index contributed by atoms with van der Waals surface area (Å²) < 4.78 is 11.6. The average Bonchev–Trinajstić information content (AvgIpc) is 3.32. The highest BCUT2D eigenvalue weighted by Gasteiger charge is 2.19. The largest absolute Gasteiger partial charge is 0.504 e. The first kappa shape index (κ1) is 17.0. The molecule has 0 spiro atoms. The number of furan rings is 1. The SMILES string of the molecule is CCOc1ccccc1-c1sc2c(N/N=C/c3ccco3)ncnc2c1O. The summed E-state index contributed by atoms with van der Waals surface area (Å²) in [6.45, 7) is 2.46. The molecule has 2 N–H and O–H groups in total. The Balaban J connectivity index is 1.74. The van der Waals surface area contributed by atoms with Gasteiger partial charge in [-0.2, -0.15) is 5.10 Å². The van der Waals surface area contributed by atoms with E-state index in [9.17, 15) is 5.11 Å². The van der Waals surface area contributed by atoms with Crippen molar-refractivity contribution in [3.63, 3.8) is 0 Å². The number of fused-ring (bicyclic) bond motifs is 1. The number of aromatic nitrogens is 2. The third kappa shape index (κ3) is 3.34. The van der Waals surface area contributed by atoms with Gasteiger partial charge >= 0.3 is 0 Å². The van der Waals surface area contributed by atoms with Crippen LogP contribution in [-0.2, 0) is 0 Å². The maximum Gasteiger partial charge on any atom is 0.167 e. The predicted molar refractivity (Wildman–Crippen MR) is 106 cm³/mol. The van der Waals surface area contributed by atoms with E-state index in [-0.39, 0.29) is 5.75 Å². The van der Waals surface area contributed by atoms with Crippen LogP contribution >= 0.6 is 11.3 Å². The Labute approximate surface area is 159 Å². The van der Waals surface area contributed by atoms with Crippen molar-refractivity contribution >= 4 is 33.6 Å². The van der Waals surface area contributed by atoms with Gasteiger partial charge in [-0.1, -0.05) is 12.1 Å². The van der Waals surface area contributed by atoms with Crippen LogP contribution in [0.4, 0.5) is 5.82 Å². The van der Waals surface area contributed by atoms with E-state index in [2.05, 4.69) is 20.5 Å². The molecule has 8 heteroatoms. The monoisotopic (exact) mass is 380 g/mol. The van der Waals surface area contributed by atoms with Gasteiger partial charge in [-0.3, -0.25) is 5.43 Å². The summed E-state index contributed by atoms with van der Waals surface area (Å²) in [4.78, 5) is 9.13. The molecule has 0 aliphatic rings. The van der Waals surface area contributed by atoms with Crippen molar-refractivity contribution in [2.24, 2.45) is 5.10 Å². The van der Waals surface area contributed by atoms with Gasteiger partial charge in [0.25, 0.3) is 0 Å². The van der Waals surface area contributed by atoms with E-state index in [0.29, 0.717) is 39.0 Å². The average molecular weight is 380 g/mol. The Morgan fingerprint density at radius 2 is 2.15 bits per heavy atom. The first-order valence-electron chi connectivity index (χ1n) is 8.29. The standard InChI is InChI=1S/C19H16N4O3S/c1-2-25-14-8-4-3-7-13(14)17-16(24)15-18(27-17)19(21-11-20-15)23-22-10-12-6-5-9-26-12/h3-11,24H,2H2,1H3,(H,20,21,23)/b22-10+. The van der Waals surface area contributed by atoms with Gasteiger partial charge in [-0.05, 0) is 31.2 Å². The van der Waals surface area contributed by atoms with Gasteiger partial charge < -0.3 is 14.3 Å². The van der Waals surface area contributed by atoms with Crippen LogP contribution in [0.25, 0.3) is 20.7 Å². The second-order valence-corrected chi connectivity index (χ2v) is 6.52. The van der Waals surface area contributed by atoms with Crippen LogP contribution < -0.4 is 10.2 Å².